The SMILES string of the molecule is COCCOCCCOCC(=O)c1ccc(C)cc1OC. The molecule has 0 heterocycles. The highest BCUT2D eigenvalue weighted by molar-refractivity contribution is 5.99. The molecule has 1 rings (SSSR count). The maximum atomic E-state index is 12.1. The highest BCUT2D eigenvalue weighted by atomic mass is 16.5. The molecular formula is C16H24O5. The quantitative estimate of drug-likeness (QED) is 0.463. The summed E-state index contributed by atoms with van der Waals surface area (Å²) in [5, 5.41) is 0. The first-order valence-electron chi connectivity index (χ1n) is 7.01. The Morgan fingerprint density at radius 3 is 2.52 bits per heavy atom. The predicted molar refractivity (Wildman–Crippen MR) is 80.2 cm³/mol. The van der Waals surface area contributed by atoms with Gasteiger partial charge in [0, 0.05) is 20.3 Å². The first kappa shape index (κ1) is 17.6. The molecule has 0 amide bonds. The van der Waals surface area contributed by atoms with Crippen molar-refractivity contribution < 1.29 is 23.7 Å². The maximum Gasteiger partial charge on any atom is 0.192 e. The van der Waals surface area contributed by atoms with E-state index in [4.69, 9.17) is 18.9 Å². The zero-order valence-corrected chi connectivity index (χ0v) is 13.0. The van der Waals surface area contributed by atoms with Crippen molar-refractivity contribution in [2.45, 2.75) is 13.3 Å². The smallest absolute Gasteiger partial charge is 0.192 e. The number of carbonyl (C=O) groups excluding carboxylic acids is 1. The van der Waals surface area contributed by atoms with Gasteiger partial charge in [0.05, 0.1) is 25.9 Å². The van der Waals surface area contributed by atoms with Crippen LogP contribution < -0.4 is 4.74 Å². The molecule has 5 heteroatoms. The molecular weight excluding hydrogens is 272 g/mol. The van der Waals surface area contributed by atoms with Gasteiger partial charge < -0.3 is 18.9 Å². The van der Waals surface area contributed by atoms with E-state index in [-0.39, 0.29) is 12.4 Å². The van der Waals surface area contributed by atoms with Crippen LogP contribution in [0.4, 0.5) is 0 Å². The van der Waals surface area contributed by atoms with Crippen LogP contribution in [0.2, 0.25) is 0 Å². The monoisotopic (exact) mass is 296 g/mol. The number of hydrogen-bond donors (Lipinski definition) is 0. The van der Waals surface area contributed by atoms with Gasteiger partial charge in [-0.1, -0.05) is 6.07 Å². The van der Waals surface area contributed by atoms with E-state index in [9.17, 15) is 4.79 Å². The minimum Gasteiger partial charge on any atom is -0.496 e. The summed E-state index contributed by atoms with van der Waals surface area (Å²) in [6.45, 7) is 4.27. The summed E-state index contributed by atoms with van der Waals surface area (Å²) >= 11 is 0. The zero-order valence-electron chi connectivity index (χ0n) is 13.0. The summed E-state index contributed by atoms with van der Waals surface area (Å²) in [5.41, 5.74) is 1.61. The summed E-state index contributed by atoms with van der Waals surface area (Å²) in [6, 6.07) is 5.50. The third-order valence-corrected chi connectivity index (χ3v) is 2.90. The first-order chi connectivity index (χ1) is 10.2. The molecule has 1 aromatic rings. The fourth-order valence-electron chi connectivity index (χ4n) is 1.78. The number of methoxy groups -OCH3 is 2. The van der Waals surface area contributed by atoms with Gasteiger partial charge in [0.25, 0.3) is 0 Å². The van der Waals surface area contributed by atoms with Crippen molar-refractivity contribution >= 4 is 5.78 Å². The third-order valence-electron chi connectivity index (χ3n) is 2.90. The lowest BCUT2D eigenvalue weighted by atomic mass is 10.1. The van der Waals surface area contributed by atoms with Crippen molar-refractivity contribution in [3.8, 4) is 5.75 Å². The molecule has 0 aliphatic heterocycles. The van der Waals surface area contributed by atoms with Gasteiger partial charge in [-0.05, 0) is 31.0 Å². The summed E-state index contributed by atoms with van der Waals surface area (Å²) in [7, 11) is 3.20. The van der Waals surface area contributed by atoms with E-state index in [0.29, 0.717) is 37.7 Å². The van der Waals surface area contributed by atoms with Gasteiger partial charge in [-0.25, -0.2) is 0 Å². The Morgan fingerprint density at radius 1 is 1.05 bits per heavy atom. The van der Waals surface area contributed by atoms with Crippen LogP contribution in [0.3, 0.4) is 0 Å². The van der Waals surface area contributed by atoms with Gasteiger partial charge in [0.2, 0.25) is 0 Å². The van der Waals surface area contributed by atoms with E-state index in [0.717, 1.165) is 12.0 Å². The van der Waals surface area contributed by atoms with Crippen molar-refractivity contribution in [3.05, 3.63) is 29.3 Å². The molecule has 0 aliphatic rings. The predicted octanol–water partition coefficient (Wildman–Crippen LogP) is 2.26. The van der Waals surface area contributed by atoms with Gasteiger partial charge >= 0.3 is 0 Å². The van der Waals surface area contributed by atoms with Crippen LogP contribution in [0.5, 0.6) is 5.75 Å². The summed E-state index contributed by atoms with van der Waals surface area (Å²) < 4.78 is 20.8. The largest absolute Gasteiger partial charge is 0.496 e. The van der Waals surface area contributed by atoms with E-state index in [1.54, 1.807) is 20.3 Å². The van der Waals surface area contributed by atoms with Gasteiger partial charge in [-0.3, -0.25) is 4.79 Å². The summed E-state index contributed by atoms with van der Waals surface area (Å²) in [6.07, 6.45) is 0.752. The van der Waals surface area contributed by atoms with Gasteiger partial charge in [0.1, 0.15) is 12.4 Å². The molecule has 1 aromatic carbocycles. The fraction of sp³-hybridized carbons (Fsp3) is 0.562. The highest BCUT2D eigenvalue weighted by Gasteiger charge is 2.12. The van der Waals surface area contributed by atoms with E-state index < -0.39 is 0 Å². The van der Waals surface area contributed by atoms with E-state index in [1.165, 1.54) is 0 Å². The second-order valence-electron chi connectivity index (χ2n) is 4.64. The van der Waals surface area contributed by atoms with Crippen LogP contribution in [0, 0.1) is 6.92 Å². The lowest BCUT2D eigenvalue weighted by Gasteiger charge is -2.09. The average Bonchev–Trinajstić information content (AvgIpc) is 2.49. The normalized spacial score (nSPS) is 10.6. The standard InChI is InChI=1S/C16H24O5/c1-13-5-6-14(16(11-13)19-3)15(17)12-21-8-4-7-20-10-9-18-2/h5-6,11H,4,7-10,12H2,1-3H3. The van der Waals surface area contributed by atoms with E-state index in [2.05, 4.69) is 0 Å². The molecule has 0 fully saturated rings. The molecule has 0 N–H and O–H groups in total. The van der Waals surface area contributed by atoms with E-state index in [1.807, 2.05) is 19.1 Å². The molecule has 0 aromatic heterocycles. The Bertz CT molecular complexity index is 431. The third kappa shape index (κ3) is 6.71. The minimum atomic E-state index is -0.0767. The second-order valence-corrected chi connectivity index (χ2v) is 4.64. The van der Waals surface area contributed by atoms with Crippen LogP contribution >= 0.6 is 0 Å². The zero-order chi connectivity index (χ0) is 15.5. The lowest BCUT2D eigenvalue weighted by Crippen LogP contribution is -2.12. The Labute approximate surface area is 126 Å². The van der Waals surface area contributed by atoms with Gasteiger partial charge in [-0.2, -0.15) is 0 Å². The van der Waals surface area contributed by atoms with Gasteiger partial charge in [-0.15, -0.1) is 0 Å². The Morgan fingerprint density at radius 2 is 1.81 bits per heavy atom. The Balaban J connectivity index is 2.25. The number of Topliss-reactive ketones (excluding diaryl/α,β-unsaturated/α-hetero) is 1. The topological polar surface area (TPSA) is 54.0 Å². The number of rotatable bonds is 11. The van der Waals surface area contributed by atoms with Crippen molar-refractivity contribution in [2.75, 3.05) is 47.3 Å². The molecule has 0 saturated heterocycles. The molecule has 0 aliphatic carbocycles. The first-order valence-corrected chi connectivity index (χ1v) is 7.01. The van der Waals surface area contributed by atoms with Crippen LogP contribution in [0.1, 0.15) is 22.3 Å². The van der Waals surface area contributed by atoms with E-state index >= 15 is 0 Å². The molecule has 0 spiro atoms. The van der Waals surface area contributed by atoms with Crippen LogP contribution in [-0.4, -0.2) is 53.0 Å². The van der Waals surface area contributed by atoms with Crippen molar-refractivity contribution in [2.24, 2.45) is 0 Å². The Hall–Kier alpha value is -1.43. The summed E-state index contributed by atoms with van der Waals surface area (Å²) in [5.74, 6) is 0.513. The molecule has 0 radical (unpaired) electrons. The molecule has 21 heavy (non-hydrogen) atoms. The second kappa shape index (κ2) is 10.3. The number of hydrogen-bond acceptors (Lipinski definition) is 5. The van der Waals surface area contributed by atoms with Crippen LogP contribution in [0.15, 0.2) is 18.2 Å². The number of benzene rings is 1. The molecule has 0 bridgehead atoms. The summed E-state index contributed by atoms with van der Waals surface area (Å²) in [4.78, 5) is 12.1. The maximum absolute atomic E-state index is 12.1. The molecule has 0 saturated carbocycles. The molecule has 118 valence electrons. The molecule has 5 nitrogen and oxygen atoms in total. The fourth-order valence-corrected chi connectivity index (χ4v) is 1.78. The van der Waals surface area contributed by atoms with Crippen LogP contribution in [-0.2, 0) is 14.2 Å². The molecule has 0 unspecified atom stereocenters. The Kier molecular flexibility index (Phi) is 8.66. The van der Waals surface area contributed by atoms with Crippen molar-refractivity contribution in [1.29, 1.82) is 0 Å². The number of ketones is 1. The molecule has 0 atom stereocenters. The minimum absolute atomic E-state index is 0.0531. The average molecular weight is 296 g/mol. The number of aryl methyl sites for hydroxylation is 1. The van der Waals surface area contributed by atoms with Gasteiger partial charge in [0.15, 0.2) is 5.78 Å². The number of carbonyl (C=O) groups is 1. The van der Waals surface area contributed by atoms with Crippen LogP contribution in [0.25, 0.3) is 0 Å². The van der Waals surface area contributed by atoms with Crippen molar-refractivity contribution in [1.82, 2.24) is 0 Å². The number of ether oxygens (including phenoxy) is 4. The highest BCUT2D eigenvalue weighted by Crippen LogP contribution is 2.20. The lowest BCUT2D eigenvalue weighted by molar-refractivity contribution is 0.0488. The van der Waals surface area contributed by atoms with Crippen molar-refractivity contribution in [3.63, 3.8) is 0 Å².